The molecule has 0 N–H and O–H groups in total. The van der Waals surface area contributed by atoms with Gasteiger partial charge in [-0.2, -0.15) is 0 Å². The highest BCUT2D eigenvalue weighted by atomic mass is 35.5. The Labute approximate surface area is 99.6 Å². The van der Waals surface area contributed by atoms with Gasteiger partial charge in [-0.1, -0.05) is 35.9 Å². The fourth-order valence-electron chi connectivity index (χ4n) is 1.06. The second-order valence-corrected chi connectivity index (χ2v) is 3.33. The monoisotopic (exact) mass is 240 g/mol. The van der Waals surface area contributed by atoms with Crippen molar-refractivity contribution in [1.29, 1.82) is 0 Å². The van der Waals surface area contributed by atoms with Crippen molar-refractivity contribution in [2.45, 2.75) is 6.92 Å². The van der Waals surface area contributed by atoms with E-state index in [-0.39, 0.29) is 6.61 Å². The number of halogens is 1. The van der Waals surface area contributed by atoms with E-state index in [1.54, 1.807) is 25.1 Å². The molecular formula is C12H13ClO3. The summed E-state index contributed by atoms with van der Waals surface area (Å²) in [6.07, 6.45) is 2.84. The molecule has 16 heavy (non-hydrogen) atoms. The quantitative estimate of drug-likeness (QED) is 0.756. The molecular weight excluding hydrogens is 228 g/mol. The van der Waals surface area contributed by atoms with Crippen molar-refractivity contribution in [2.24, 2.45) is 0 Å². The fourth-order valence-corrected chi connectivity index (χ4v) is 1.26. The number of benzene rings is 1. The SMILES string of the molecule is CCOC(=O)OC/C=C/c1ccccc1Cl. The van der Waals surface area contributed by atoms with Crippen LogP contribution in [0.3, 0.4) is 0 Å². The van der Waals surface area contributed by atoms with Crippen molar-refractivity contribution >= 4 is 23.8 Å². The number of ether oxygens (including phenoxy) is 2. The van der Waals surface area contributed by atoms with Gasteiger partial charge in [0.15, 0.2) is 0 Å². The van der Waals surface area contributed by atoms with Gasteiger partial charge in [0, 0.05) is 5.02 Å². The molecule has 4 heteroatoms. The minimum Gasteiger partial charge on any atom is -0.435 e. The lowest BCUT2D eigenvalue weighted by Crippen LogP contribution is -2.06. The van der Waals surface area contributed by atoms with E-state index in [9.17, 15) is 4.79 Å². The van der Waals surface area contributed by atoms with Gasteiger partial charge < -0.3 is 9.47 Å². The van der Waals surface area contributed by atoms with Gasteiger partial charge in [-0.15, -0.1) is 0 Å². The number of hydrogen-bond donors (Lipinski definition) is 0. The third-order valence-electron chi connectivity index (χ3n) is 1.76. The second-order valence-electron chi connectivity index (χ2n) is 2.92. The summed E-state index contributed by atoms with van der Waals surface area (Å²) < 4.78 is 9.35. The summed E-state index contributed by atoms with van der Waals surface area (Å²) in [4.78, 5) is 10.8. The zero-order valence-electron chi connectivity index (χ0n) is 8.98. The van der Waals surface area contributed by atoms with Gasteiger partial charge in [0.05, 0.1) is 6.61 Å². The molecule has 0 aliphatic heterocycles. The highest BCUT2D eigenvalue weighted by Gasteiger charge is 1.98. The maximum absolute atomic E-state index is 10.8. The van der Waals surface area contributed by atoms with Crippen LogP contribution < -0.4 is 0 Å². The molecule has 86 valence electrons. The lowest BCUT2D eigenvalue weighted by atomic mass is 10.2. The molecule has 1 aromatic carbocycles. The second kappa shape index (κ2) is 6.90. The predicted octanol–water partition coefficient (Wildman–Crippen LogP) is 3.53. The van der Waals surface area contributed by atoms with Crippen LogP contribution >= 0.6 is 11.6 Å². The fraction of sp³-hybridized carbons (Fsp3) is 0.250. The van der Waals surface area contributed by atoms with Crippen LogP contribution in [0.5, 0.6) is 0 Å². The molecule has 1 aromatic rings. The third-order valence-corrected chi connectivity index (χ3v) is 2.11. The molecule has 3 nitrogen and oxygen atoms in total. The van der Waals surface area contributed by atoms with Crippen molar-refractivity contribution < 1.29 is 14.3 Å². The Morgan fingerprint density at radius 3 is 2.81 bits per heavy atom. The lowest BCUT2D eigenvalue weighted by Gasteiger charge is -2.01. The Morgan fingerprint density at radius 2 is 2.12 bits per heavy atom. The summed E-state index contributed by atoms with van der Waals surface area (Å²) in [5.41, 5.74) is 0.886. The first kappa shape index (κ1) is 12.6. The molecule has 1 rings (SSSR count). The van der Waals surface area contributed by atoms with Crippen LogP contribution in [0.25, 0.3) is 6.08 Å². The summed E-state index contributed by atoms with van der Waals surface area (Å²) in [5, 5.41) is 0.662. The standard InChI is InChI=1S/C12H13ClO3/c1-2-15-12(14)16-9-5-7-10-6-3-4-8-11(10)13/h3-8H,2,9H2,1H3/b7-5+. The van der Waals surface area contributed by atoms with Crippen molar-refractivity contribution in [1.82, 2.24) is 0 Å². The lowest BCUT2D eigenvalue weighted by molar-refractivity contribution is 0.0674. The Kier molecular flexibility index (Phi) is 5.43. The molecule has 0 spiro atoms. The Morgan fingerprint density at radius 1 is 1.38 bits per heavy atom. The summed E-state index contributed by atoms with van der Waals surface area (Å²) in [6, 6.07) is 7.42. The van der Waals surface area contributed by atoms with E-state index in [4.69, 9.17) is 16.3 Å². The van der Waals surface area contributed by atoms with Gasteiger partial charge in [0.2, 0.25) is 0 Å². The van der Waals surface area contributed by atoms with Gasteiger partial charge in [-0.25, -0.2) is 4.79 Å². The first-order chi connectivity index (χ1) is 7.74. The summed E-state index contributed by atoms with van der Waals surface area (Å²) >= 11 is 5.93. The van der Waals surface area contributed by atoms with Gasteiger partial charge in [0.25, 0.3) is 0 Å². The molecule has 0 radical (unpaired) electrons. The first-order valence-electron chi connectivity index (χ1n) is 4.94. The van der Waals surface area contributed by atoms with Crippen molar-refractivity contribution in [3.8, 4) is 0 Å². The summed E-state index contributed by atoms with van der Waals surface area (Å²) in [5.74, 6) is 0. The average Bonchev–Trinajstić information content (AvgIpc) is 2.27. The van der Waals surface area contributed by atoms with Crippen LogP contribution in [0.15, 0.2) is 30.3 Å². The molecule has 0 aliphatic carbocycles. The minimum absolute atomic E-state index is 0.171. The molecule has 0 saturated carbocycles. The predicted molar refractivity (Wildman–Crippen MR) is 63.5 cm³/mol. The van der Waals surface area contributed by atoms with Crippen LogP contribution in [0.2, 0.25) is 5.02 Å². The maximum Gasteiger partial charge on any atom is 0.508 e. The van der Waals surface area contributed by atoms with Crippen LogP contribution in [0.1, 0.15) is 12.5 Å². The van der Waals surface area contributed by atoms with Crippen LogP contribution in [-0.2, 0) is 9.47 Å². The van der Waals surface area contributed by atoms with Gasteiger partial charge >= 0.3 is 6.16 Å². The van der Waals surface area contributed by atoms with Crippen LogP contribution in [0.4, 0.5) is 4.79 Å². The molecule has 0 fully saturated rings. The summed E-state index contributed by atoms with van der Waals surface area (Å²) in [6.45, 7) is 2.21. The smallest absolute Gasteiger partial charge is 0.435 e. The normalized spacial score (nSPS) is 10.4. The molecule has 0 atom stereocenters. The van der Waals surface area contributed by atoms with Gasteiger partial charge in [0.1, 0.15) is 6.61 Å². The highest BCUT2D eigenvalue weighted by molar-refractivity contribution is 6.32. The number of hydrogen-bond acceptors (Lipinski definition) is 3. The molecule has 0 bridgehead atoms. The van der Waals surface area contributed by atoms with E-state index in [0.717, 1.165) is 5.56 Å². The molecule has 0 amide bonds. The molecule has 0 saturated heterocycles. The Hall–Kier alpha value is -1.48. The van der Waals surface area contributed by atoms with Crippen LogP contribution in [0, 0.1) is 0 Å². The average molecular weight is 241 g/mol. The summed E-state index contributed by atoms with van der Waals surface area (Å²) in [7, 11) is 0. The Bertz CT molecular complexity index is 374. The number of carbonyl (C=O) groups excluding carboxylic acids is 1. The third kappa shape index (κ3) is 4.36. The van der Waals surface area contributed by atoms with E-state index in [2.05, 4.69) is 4.74 Å². The first-order valence-corrected chi connectivity index (χ1v) is 5.32. The van der Waals surface area contributed by atoms with Gasteiger partial charge in [-0.3, -0.25) is 0 Å². The largest absolute Gasteiger partial charge is 0.508 e. The zero-order valence-corrected chi connectivity index (χ0v) is 9.74. The van der Waals surface area contributed by atoms with E-state index < -0.39 is 6.16 Å². The van der Waals surface area contributed by atoms with Gasteiger partial charge in [-0.05, 0) is 24.6 Å². The van der Waals surface area contributed by atoms with E-state index >= 15 is 0 Å². The number of rotatable bonds is 4. The molecule has 0 aromatic heterocycles. The molecule has 0 unspecified atom stereocenters. The van der Waals surface area contributed by atoms with Crippen molar-refractivity contribution in [3.05, 3.63) is 40.9 Å². The van der Waals surface area contributed by atoms with Crippen molar-refractivity contribution in [2.75, 3.05) is 13.2 Å². The highest BCUT2D eigenvalue weighted by Crippen LogP contribution is 2.15. The topological polar surface area (TPSA) is 35.5 Å². The zero-order chi connectivity index (χ0) is 11.8. The van der Waals surface area contributed by atoms with E-state index in [1.807, 2.05) is 18.2 Å². The molecule has 0 heterocycles. The molecule has 0 aliphatic rings. The Balaban J connectivity index is 2.38. The minimum atomic E-state index is -0.661. The van der Waals surface area contributed by atoms with Crippen molar-refractivity contribution in [3.63, 3.8) is 0 Å². The van der Waals surface area contributed by atoms with E-state index in [1.165, 1.54) is 0 Å². The maximum atomic E-state index is 10.8. The van der Waals surface area contributed by atoms with E-state index in [0.29, 0.717) is 11.6 Å². The van der Waals surface area contributed by atoms with Crippen LogP contribution in [-0.4, -0.2) is 19.4 Å². The number of carbonyl (C=O) groups is 1.